The van der Waals surface area contributed by atoms with Crippen LogP contribution in [0.15, 0.2) is 23.2 Å². The van der Waals surface area contributed by atoms with Crippen molar-refractivity contribution >= 4 is 33.4 Å². The predicted molar refractivity (Wildman–Crippen MR) is 86.3 cm³/mol. The lowest BCUT2D eigenvalue weighted by molar-refractivity contribution is -0.140. The Morgan fingerprint density at radius 2 is 2.13 bits per heavy atom. The highest BCUT2D eigenvalue weighted by molar-refractivity contribution is 7.16. The number of ether oxygens (including phenoxy) is 2. The lowest BCUT2D eigenvalue weighted by atomic mass is 10.3. The largest absolute Gasteiger partial charge is 0.497 e. The van der Waals surface area contributed by atoms with Gasteiger partial charge in [-0.25, -0.2) is 0 Å². The molecule has 1 aliphatic carbocycles. The minimum atomic E-state index is -0.287. The van der Waals surface area contributed by atoms with Gasteiger partial charge in [-0.15, -0.1) is 0 Å². The van der Waals surface area contributed by atoms with Gasteiger partial charge < -0.3 is 14.0 Å². The molecule has 1 aliphatic rings. The van der Waals surface area contributed by atoms with Crippen LogP contribution < -0.4 is 9.54 Å². The molecule has 0 bridgehead atoms. The van der Waals surface area contributed by atoms with Crippen molar-refractivity contribution in [3.63, 3.8) is 0 Å². The van der Waals surface area contributed by atoms with Gasteiger partial charge in [-0.2, -0.15) is 4.99 Å². The van der Waals surface area contributed by atoms with Crippen molar-refractivity contribution in [2.75, 3.05) is 14.2 Å². The molecule has 1 aromatic heterocycles. The zero-order valence-electron chi connectivity index (χ0n) is 13.1. The first kappa shape index (κ1) is 15.7. The maximum absolute atomic E-state index is 12.0. The van der Waals surface area contributed by atoms with Crippen LogP contribution >= 0.6 is 11.3 Å². The fourth-order valence-electron chi connectivity index (χ4n) is 2.30. The first-order valence-corrected chi connectivity index (χ1v) is 8.27. The maximum Gasteiger partial charge on any atom is 0.307 e. The number of esters is 1. The van der Waals surface area contributed by atoms with Crippen molar-refractivity contribution in [2.24, 2.45) is 10.9 Å². The number of carbonyl (C=O) groups excluding carboxylic acids is 2. The number of thiazole rings is 1. The van der Waals surface area contributed by atoms with Crippen LogP contribution in [0.2, 0.25) is 0 Å². The lowest BCUT2D eigenvalue weighted by Crippen LogP contribution is -2.19. The molecule has 122 valence electrons. The van der Waals surface area contributed by atoms with Crippen molar-refractivity contribution in [1.82, 2.24) is 4.57 Å². The highest BCUT2D eigenvalue weighted by Gasteiger charge is 2.29. The minimum Gasteiger partial charge on any atom is -0.497 e. The third-order valence-corrected chi connectivity index (χ3v) is 4.83. The molecule has 1 amide bonds. The number of amides is 1. The van der Waals surface area contributed by atoms with Gasteiger partial charge in [0.25, 0.3) is 5.91 Å². The molecule has 1 heterocycles. The van der Waals surface area contributed by atoms with Crippen molar-refractivity contribution in [1.29, 1.82) is 0 Å². The third-order valence-electron chi connectivity index (χ3n) is 3.79. The quantitative estimate of drug-likeness (QED) is 0.785. The molecule has 6 nitrogen and oxygen atoms in total. The van der Waals surface area contributed by atoms with E-state index in [0.29, 0.717) is 11.3 Å². The highest BCUT2D eigenvalue weighted by Crippen LogP contribution is 2.30. The Kier molecular flexibility index (Phi) is 4.47. The monoisotopic (exact) mass is 334 g/mol. The molecule has 7 heteroatoms. The van der Waals surface area contributed by atoms with Crippen LogP contribution in [0, 0.1) is 5.92 Å². The Balaban J connectivity index is 2.04. The van der Waals surface area contributed by atoms with Crippen LogP contribution in [0.1, 0.15) is 19.3 Å². The lowest BCUT2D eigenvalue weighted by Gasteiger charge is -2.05. The molecule has 0 aliphatic heterocycles. The van der Waals surface area contributed by atoms with Crippen molar-refractivity contribution in [3.8, 4) is 5.75 Å². The molecule has 0 radical (unpaired) electrons. The van der Waals surface area contributed by atoms with Gasteiger partial charge in [-0.3, -0.25) is 9.59 Å². The van der Waals surface area contributed by atoms with Crippen LogP contribution in [0.3, 0.4) is 0 Å². The third kappa shape index (κ3) is 3.44. The van der Waals surface area contributed by atoms with Gasteiger partial charge in [0.15, 0.2) is 4.80 Å². The normalized spacial score (nSPS) is 15.0. The smallest absolute Gasteiger partial charge is 0.307 e. The van der Waals surface area contributed by atoms with Crippen LogP contribution in [0.5, 0.6) is 5.75 Å². The van der Waals surface area contributed by atoms with E-state index in [1.54, 1.807) is 7.11 Å². The average molecular weight is 334 g/mol. The molecule has 0 atom stereocenters. The van der Waals surface area contributed by atoms with Gasteiger partial charge in [0.05, 0.1) is 30.9 Å². The first-order chi connectivity index (χ1) is 11.1. The Labute approximate surface area is 137 Å². The summed E-state index contributed by atoms with van der Waals surface area (Å²) in [5.41, 5.74) is 0.932. The van der Waals surface area contributed by atoms with Gasteiger partial charge in [0, 0.05) is 12.5 Å². The maximum atomic E-state index is 12.0. The Morgan fingerprint density at radius 3 is 2.78 bits per heavy atom. The highest BCUT2D eigenvalue weighted by atomic mass is 32.1. The van der Waals surface area contributed by atoms with E-state index in [1.807, 2.05) is 22.8 Å². The zero-order chi connectivity index (χ0) is 16.4. The molecule has 23 heavy (non-hydrogen) atoms. The summed E-state index contributed by atoms with van der Waals surface area (Å²) in [6, 6.07) is 5.69. The molecular formula is C16H18N2O4S. The fraction of sp³-hybridized carbons (Fsp3) is 0.438. The molecule has 0 N–H and O–H groups in total. The summed E-state index contributed by atoms with van der Waals surface area (Å²) in [6.07, 6.45) is 2.07. The Hall–Kier alpha value is -2.15. The summed E-state index contributed by atoms with van der Waals surface area (Å²) in [7, 11) is 2.98. The molecule has 3 rings (SSSR count). The molecule has 0 saturated heterocycles. The Bertz CT molecular complexity index is 817. The van der Waals surface area contributed by atoms with Crippen molar-refractivity contribution < 1.29 is 19.1 Å². The Morgan fingerprint density at radius 1 is 1.35 bits per heavy atom. The number of methoxy groups -OCH3 is 2. The summed E-state index contributed by atoms with van der Waals surface area (Å²) >= 11 is 1.43. The van der Waals surface area contributed by atoms with Crippen LogP contribution in [0.25, 0.3) is 10.2 Å². The summed E-state index contributed by atoms with van der Waals surface area (Å²) < 4.78 is 12.8. The van der Waals surface area contributed by atoms with Gasteiger partial charge in [0.1, 0.15) is 5.75 Å². The number of hydrogen-bond acceptors (Lipinski definition) is 5. The van der Waals surface area contributed by atoms with Gasteiger partial charge >= 0.3 is 5.97 Å². The first-order valence-electron chi connectivity index (χ1n) is 7.45. The second kappa shape index (κ2) is 6.54. The van der Waals surface area contributed by atoms with Gasteiger partial charge in [0.2, 0.25) is 0 Å². The molecule has 1 fully saturated rings. The zero-order valence-corrected chi connectivity index (χ0v) is 13.9. The second-order valence-electron chi connectivity index (χ2n) is 5.42. The van der Waals surface area contributed by atoms with E-state index >= 15 is 0 Å². The van der Waals surface area contributed by atoms with Crippen LogP contribution in [0.4, 0.5) is 0 Å². The average Bonchev–Trinajstić information content (AvgIpc) is 3.35. The summed E-state index contributed by atoms with van der Waals surface area (Å²) in [4.78, 5) is 28.4. The topological polar surface area (TPSA) is 69.9 Å². The fourth-order valence-corrected chi connectivity index (χ4v) is 3.39. The molecule has 2 aromatic rings. The summed E-state index contributed by atoms with van der Waals surface area (Å²) in [5, 5.41) is 0. The number of nitrogens with zero attached hydrogens (tertiary/aromatic N) is 2. The molecular weight excluding hydrogens is 316 g/mol. The van der Waals surface area contributed by atoms with E-state index in [1.165, 1.54) is 18.4 Å². The van der Waals surface area contributed by atoms with E-state index in [0.717, 1.165) is 28.8 Å². The standard InChI is InChI=1S/C16H18N2O4S/c1-21-11-5-6-12-13(9-11)23-16(17-15(20)10-3-4-10)18(12)8-7-14(19)22-2/h5-6,9-10H,3-4,7-8H2,1-2H3. The second-order valence-corrected chi connectivity index (χ2v) is 6.43. The number of carbonyl (C=O) groups is 2. The molecule has 1 saturated carbocycles. The van der Waals surface area contributed by atoms with E-state index in [2.05, 4.69) is 4.99 Å². The van der Waals surface area contributed by atoms with E-state index in [-0.39, 0.29) is 24.2 Å². The van der Waals surface area contributed by atoms with E-state index in [9.17, 15) is 9.59 Å². The minimum absolute atomic E-state index is 0.0730. The van der Waals surface area contributed by atoms with Crippen LogP contribution in [-0.4, -0.2) is 30.7 Å². The number of aryl methyl sites for hydroxylation is 1. The number of hydrogen-bond donors (Lipinski definition) is 0. The number of aromatic nitrogens is 1. The van der Waals surface area contributed by atoms with E-state index in [4.69, 9.17) is 9.47 Å². The number of benzene rings is 1. The molecule has 0 spiro atoms. The van der Waals surface area contributed by atoms with Gasteiger partial charge in [-0.05, 0) is 31.0 Å². The van der Waals surface area contributed by atoms with Gasteiger partial charge in [-0.1, -0.05) is 11.3 Å². The summed E-state index contributed by atoms with van der Waals surface area (Å²) in [6.45, 7) is 0.426. The van der Waals surface area contributed by atoms with E-state index < -0.39 is 0 Å². The molecule has 0 unspecified atom stereocenters. The van der Waals surface area contributed by atoms with Crippen LogP contribution in [-0.2, 0) is 20.9 Å². The number of fused-ring (bicyclic) bond motifs is 1. The SMILES string of the molecule is COC(=O)CCn1c(=NC(=O)C2CC2)sc2cc(OC)ccc21. The molecule has 1 aromatic carbocycles. The summed E-state index contributed by atoms with van der Waals surface area (Å²) in [5.74, 6) is 0.461. The van der Waals surface area contributed by atoms with Crippen molar-refractivity contribution in [2.45, 2.75) is 25.8 Å². The number of rotatable bonds is 5. The van der Waals surface area contributed by atoms with Crippen molar-refractivity contribution in [3.05, 3.63) is 23.0 Å². The predicted octanol–water partition coefficient (Wildman–Crippen LogP) is 2.11.